The van der Waals surface area contributed by atoms with E-state index in [9.17, 15) is 8.42 Å². The smallest absolute Gasteiger partial charge is 0.238 e. The summed E-state index contributed by atoms with van der Waals surface area (Å²) in [6.07, 6.45) is 2.20. The molecule has 6 nitrogen and oxygen atoms in total. The first kappa shape index (κ1) is 17.9. The van der Waals surface area contributed by atoms with Crippen molar-refractivity contribution >= 4 is 10.0 Å². The van der Waals surface area contributed by atoms with Crippen molar-refractivity contribution in [1.82, 2.24) is 4.90 Å². The van der Waals surface area contributed by atoms with Gasteiger partial charge in [-0.25, -0.2) is 13.6 Å². The highest BCUT2D eigenvalue weighted by Crippen LogP contribution is 2.14. The molecule has 0 bridgehead atoms. The van der Waals surface area contributed by atoms with Gasteiger partial charge in [0, 0.05) is 13.1 Å². The predicted octanol–water partition coefficient (Wildman–Crippen LogP) is 0.807. The summed E-state index contributed by atoms with van der Waals surface area (Å²) in [5, 5.41) is 14.0. The van der Waals surface area contributed by atoms with E-state index in [2.05, 4.69) is 11.8 Å². The van der Waals surface area contributed by atoms with Crippen LogP contribution >= 0.6 is 0 Å². The molecule has 0 fully saturated rings. The number of rotatable bonds is 10. The Morgan fingerprint density at radius 2 is 1.86 bits per heavy atom. The summed E-state index contributed by atoms with van der Waals surface area (Å²) in [5.74, 6) is 0.599. The van der Waals surface area contributed by atoms with Crippen LogP contribution < -0.4 is 9.88 Å². The molecule has 1 aromatic rings. The molecular weight excluding hydrogens is 292 g/mol. The number of ether oxygens (including phenoxy) is 1. The van der Waals surface area contributed by atoms with Gasteiger partial charge in [0.15, 0.2) is 0 Å². The van der Waals surface area contributed by atoms with Gasteiger partial charge in [0.05, 0.1) is 11.5 Å². The fraction of sp³-hybridized carbons (Fsp3) is 0.571. The molecule has 0 aliphatic rings. The number of aliphatic hydroxyl groups excluding tert-OH is 1. The molecule has 0 aromatic heterocycles. The summed E-state index contributed by atoms with van der Waals surface area (Å²) in [4.78, 5) is 2.21. The molecule has 21 heavy (non-hydrogen) atoms. The lowest BCUT2D eigenvalue weighted by Gasteiger charge is -2.21. The lowest BCUT2D eigenvalue weighted by atomic mass is 10.3. The summed E-state index contributed by atoms with van der Waals surface area (Å²) >= 11 is 0. The number of primary sulfonamides is 1. The molecule has 120 valence electrons. The van der Waals surface area contributed by atoms with Crippen LogP contribution in [0.5, 0.6) is 5.75 Å². The normalized spacial score (nSPS) is 11.8. The SMILES string of the molecule is CCCCN(CCO)CCOc1ccc(S(N)(=O)=O)cc1. The number of hydrogen-bond donors (Lipinski definition) is 2. The zero-order chi connectivity index (χ0) is 15.7. The first-order valence-corrected chi connectivity index (χ1v) is 8.61. The molecule has 0 saturated carbocycles. The second kappa shape index (κ2) is 8.99. The van der Waals surface area contributed by atoms with Crippen LogP contribution in [0.2, 0.25) is 0 Å². The van der Waals surface area contributed by atoms with Gasteiger partial charge in [0.25, 0.3) is 0 Å². The molecular formula is C14H24N2O4S. The van der Waals surface area contributed by atoms with E-state index >= 15 is 0 Å². The number of nitrogens with two attached hydrogens (primary N) is 1. The first-order chi connectivity index (χ1) is 9.97. The average Bonchev–Trinajstić information content (AvgIpc) is 2.44. The second-order valence-corrected chi connectivity index (χ2v) is 6.35. The van der Waals surface area contributed by atoms with Gasteiger partial charge < -0.3 is 9.84 Å². The lowest BCUT2D eigenvalue weighted by molar-refractivity contribution is 0.167. The molecule has 0 spiro atoms. The topological polar surface area (TPSA) is 92.9 Å². The van der Waals surface area contributed by atoms with Crippen LogP contribution in [0.15, 0.2) is 29.2 Å². The Hall–Kier alpha value is -1.15. The van der Waals surface area contributed by atoms with Crippen molar-refractivity contribution in [3.63, 3.8) is 0 Å². The molecule has 7 heteroatoms. The quantitative estimate of drug-likeness (QED) is 0.666. The van der Waals surface area contributed by atoms with Crippen LogP contribution in [-0.2, 0) is 10.0 Å². The Balaban J connectivity index is 2.43. The van der Waals surface area contributed by atoms with Gasteiger partial charge in [0.1, 0.15) is 12.4 Å². The molecule has 0 aliphatic carbocycles. The Kier molecular flexibility index (Phi) is 7.66. The Morgan fingerprint density at radius 3 is 2.38 bits per heavy atom. The van der Waals surface area contributed by atoms with Crippen molar-refractivity contribution in [3.05, 3.63) is 24.3 Å². The standard InChI is InChI=1S/C14H24N2O4S/c1-2-3-8-16(9-11-17)10-12-20-13-4-6-14(7-5-13)21(15,18)19/h4-7,17H,2-3,8-12H2,1H3,(H2,15,18,19). The number of sulfonamides is 1. The minimum Gasteiger partial charge on any atom is -0.492 e. The average molecular weight is 316 g/mol. The molecule has 0 saturated heterocycles. The van der Waals surface area contributed by atoms with Gasteiger partial charge in [-0.05, 0) is 37.2 Å². The van der Waals surface area contributed by atoms with Crippen LogP contribution in [0.4, 0.5) is 0 Å². The highest BCUT2D eigenvalue weighted by Gasteiger charge is 2.07. The first-order valence-electron chi connectivity index (χ1n) is 7.06. The fourth-order valence-electron chi connectivity index (χ4n) is 1.88. The van der Waals surface area contributed by atoms with Gasteiger partial charge in [-0.3, -0.25) is 4.90 Å². The Morgan fingerprint density at radius 1 is 1.19 bits per heavy atom. The van der Waals surface area contributed by atoms with Crippen molar-refractivity contribution in [2.24, 2.45) is 5.14 Å². The number of hydrogen-bond acceptors (Lipinski definition) is 5. The predicted molar refractivity (Wildman–Crippen MR) is 81.7 cm³/mol. The number of benzene rings is 1. The van der Waals surface area contributed by atoms with E-state index in [1.807, 2.05) is 0 Å². The largest absolute Gasteiger partial charge is 0.492 e. The maximum atomic E-state index is 11.1. The molecule has 0 unspecified atom stereocenters. The van der Waals surface area contributed by atoms with Crippen molar-refractivity contribution in [2.45, 2.75) is 24.7 Å². The fourth-order valence-corrected chi connectivity index (χ4v) is 2.39. The summed E-state index contributed by atoms with van der Waals surface area (Å²) in [5.41, 5.74) is 0. The van der Waals surface area contributed by atoms with E-state index in [0.717, 1.165) is 25.9 Å². The molecule has 3 N–H and O–H groups in total. The Labute approximate surface area is 126 Å². The molecule has 0 radical (unpaired) electrons. The highest BCUT2D eigenvalue weighted by molar-refractivity contribution is 7.89. The van der Waals surface area contributed by atoms with E-state index in [1.54, 1.807) is 12.1 Å². The molecule has 0 amide bonds. The molecule has 1 rings (SSSR count). The van der Waals surface area contributed by atoms with Crippen molar-refractivity contribution in [1.29, 1.82) is 0 Å². The van der Waals surface area contributed by atoms with E-state index in [1.165, 1.54) is 12.1 Å². The minimum atomic E-state index is -3.66. The zero-order valence-electron chi connectivity index (χ0n) is 12.4. The van der Waals surface area contributed by atoms with Gasteiger partial charge in [-0.15, -0.1) is 0 Å². The van der Waals surface area contributed by atoms with Crippen molar-refractivity contribution in [2.75, 3.05) is 32.8 Å². The van der Waals surface area contributed by atoms with Crippen LogP contribution in [0, 0.1) is 0 Å². The maximum Gasteiger partial charge on any atom is 0.238 e. The van der Waals surface area contributed by atoms with Crippen LogP contribution in [0.3, 0.4) is 0 Å². The molecule has 0 atom stereocenters. The second-order valence-electron chi connectivity index (χ2n) is 4.78. The van der Waals surface area contributed by atoms with Crippen LogP contribution in [-0.4, -0.2) is 51.3 Å². The van der Waals surface area contributed by atoms with E-state index in [0.29, 0.717) is 18.9 Å². The van der Waals surface area contributed by atoms with Crippen molar-refractivity contribution in [3.8, 4) is 5.75 Å². The number of nitrogens with zero attached hydrogens (tertiary/aromatic N) is 1. The summed E-state index contributed by atoms with van der Waals surface area (Å²) in [7, 11) is -3.66. The van der Waals surface area contributed by atoms with Crippen LogP contribution in [0.1, 0.15) is 19.8 Å². The third-order valence-corrected chi connectivity index (χ3v) is 4.00. The zero-order valence-corrected chi connectivity index (χ0v) is 13.2. The minimum absolute atomic E-state index is 0.0692. The summed E-state index contributed by atoms with van der Waals surface area (Å²) < 4.78 is 27.8. The third kappa shape index (κ3) is 6.90. The number of unbranched alkanes of at least 4 members (excludes halogenated alkanes) is 1. The van der Waals surface area contributed by atoms with E-state index in [4.69, 9.17) is 15.0 Å². The van der Waals surface area contributed by atoms with Gasteiger partial charge >= 0.3 is 0 Å². The molecule has 0 aliphatic heterocycles. The third-order valence-electron chi connectivity index (χ3n) is 3.07. The van der Waals surface area contributed by atoms with E-state index < -0.39 is 10.0 Å². The van der Waals surface area contributed by atoms with E-state index in [-0.39, 0.29) is 11.5 Å². The van der Waals surface area contributed by atoms with Crippen LogP contribution in [0.25, 0.3) is 0 Å². The van der Waals surface area contributed by atoms with Crippen molar-refractivity contribution < 1.29 is 18.3 Å². The van der Waals surface area contributed by atoms with Gasteiger partial charge in [-0.2, -0.15) is 0 Å². The van der Waals surface area contributed by atoms with Gasteiger partial charge in [0.2, 0.25) is 10.0 Å². The van der Waals surface area contributed by atoms with Gasteiger partial charge in [-0.1, -0.05) is 13.3 Å². The number of aliphatic hydroxyl groups is 1. The summed E-state index contributed by atoms with van der Waals surface area (Å²) in [6.45, 7) is 5.03. The molecule has 0 heterocycles. The lowest BCUT2D eigenvalue weighted by Crippen LogP contribution is -2.32. The maximum absolute atomic E-state index is 11.1. The highest BCUT2D eigenvalue weighted by atomic mass is 32.2. The summed E-state index contributed by atoms with van der Waals surface area (Å²) in [6, 6.07) is 6.02. The molecule has 1 aromatic carbocycles. The monoisotopic (exact) mass is 316 g/mol. The Bertz CT molecular complexity index is 502.